The van der Waals surface area contributed by atoms with Gasteiger partial charge in [0.2, 0.25) is 0 Å². The van der Waals surface area contributed by atoms with E-state index in [2.05, 4.69) is 23.9 Å². The molecule has 0 amide bonds. The first-order valence-electron chi connectivity index (χ1n) is 18.6. The van der Waals surface area contributed by atoms with Gasteiger partial charge >= 0.3 is 24.1 Å². The van der Waals surface area contributed by atoms with Gasteiger partial charge in [0.25, 0.3) is 5.69 Å². The van der Waals surface area contributed by atoms with E-state index in [0.29, 0.717) is 28.3 Å². The third-order valence-electron chi connectivity index (χ3n) is 7.74. The maximum Gasteiger partial charge on any atom is 0.416 e. The van der Waals surface area contributed by atoms with E-state index in [1.165, 1.54) is 31.3 Å². The fourth-order valence-electron chi connectivity index (χ4n) is 4.82. The van der Waals surface area contributed by atoms with Crippen molar-refractivity contribution in [2.75, 3.05) is 44.5 Å². The first-order chi connectivity index (χ1) is 30.5. The van der Waals surface area contributed by atoms with Crippen molar-refractivity contribution in [2.24, 2.45) is 0 Å². The number of ether oxygens (including phenoxy) is 3. The van der Waals surface area contributed by atoms with Gasteiger partial charge in [-0.3, -0.25) is 25.0 Å². The number of nitro groups is 1. The largest absolute Gasteiger partial charge is 0.778 e. The Labute approximate surface area is 388 Å². The number of hydrogen-bond acceptors (Lipinski definition) is 16. The monoisotopic (exact) mass is 1030 g/mol. The molecule has 4 aromatic rings. The molecule has 0 spiro atoms. The number of aromatic nitrogens is 1. The fraction of sp³-hybridized carbons (Fsp3) is 0.359. The number of halogens is 5. The number of aliphatic carboxylic acids is 1. The van der Waals surface area contributed by atoms with Crippen LogP contribution in [0.15, 0.2) is 70.2 Å². The lowest BCUT2D eigenvalue weighted by Crippen LogP contribution is -2.26. The van der Waals surface area contributed by atoms with Crippen LogP contribution in [-0.4, -0.2) is 103 Å². The minimum atomic E-state index is -4.61. The molecular formula is C39H43Cl2F3N3O16PS2. The van der Waals surface area contributed by atoms with Crippen LogP contribution in [0.2, 0.25) is 10.0 Å². The van der Waals surface area contributed by atoms with E-state index in [0.717, 1.165) is 49.4 Å². The van der Waals surface area contributed by atoms with Crippen LogP contribution < -0.4 is 14.9 Å². The molecule has 0 aliphatic heterocycles. The highest BCUT2D eigenvalue weighted by molar-refractivity contribution is 7.94. The Hall–Kier alpha value is -5.07. The Balaban J connectivity index is 0.000000365. The molecule has 5 rings (SSSR count). The maximum atomic E-state index is 12.8. The second kappa shape index (κ2) is 25.2. The van der Waals surface area contributed by atoms with Gasteiger partial charge < -0.3 is 38.2 Å². The van der Waals surface area contributed by atoms with Crippen LogP contribution in [0.3, 0.4) is 0 Å². The zero-order valence-electron chi connectivity index (χ0n) is 35.6. The number of rotatable bonds is 15. The van der Waals surface area contributed by atoms with Crippen molar-refractivity contribution in [1.82, 2.24) is 10.5 Å². The van der Waals surface area contributed by atoms with Crippen molar-refractivity contribution in [2.45, 2.75) is 49.8 Å². The molecule has 19 nitrogen and oxygen atoms in total. The third kappa shape index (κ3) is 19.4. The molecule has 0 radical (unpaired) electrons. The SMILES string of the molecule is CCOC(=O)C(C)OC(=O)c1cc(Oc2ccc(C(F)(F)F)cc2Cl)ccc1[N+](=O)[O-].CS(=O)(=O)c1cc(Cl)ccc1C(=O)c1cnoc1C1CC1.C[S+](C)C.O=C(O)CNCP(=O)([O-])O. The first-order valence-corrected chi connectivity index (χ1v) is 25.5. The molecule has 3 aromatic carbocycles. The summed E-state index contributed by atoms with van der Waals surface area (Å²) in [5, 5.41) is 24.8. The molecule has 27 heteroatoms. The molecule has 1 aliphatic carbocycles. The number of sulfone groups is 1. The lowest BCUT2D eigenvalue weighted by atomic mass is 10.0. The fourth-order valence-corrected chi connectivity index (χ4v) is 6.57. The highest BCUT2D eigenvalue weighted by atomic mass is 35.5. The lowest BCUT2D eigenvalue weighted by Gasteiger charge is -2.14. The molecule has 2 unspecified atom stereocenters. The van der Waals surface area contributed by atoms with Gasteiger partial charge in [-0.05, 0) is 80.0 Å². The lowest BCUT2D eigenvalue weighted by molar-refractivity contribution is -0.385. The minimum absolute atomic E-state index is 0.0398. The van der Waals surface area contributed by atoms with E-state index in [-0.39, 0.29) is 44.5 Å². The van der Waals surface area contributed by atoms with Gasteiger partial charge in [0.05, 0.1) is 70.4 Å². The smallest absolute Gasteiger partial charge is 0.416 e. The van der Waals surface area contributed by atoms with Gasteiger partial charge in [-0.2, -0.15) is 13.2 Å². The summed E-state index contributed by atoms with van der Waals surface area (Å²) < 4.78 is 92.0. The van der Waals surface area contributed by atoms with Crippen molar-refractivity contribution in [3.8, 4) is 11.5 Å². The number of nitrogens with one attached hydrogen (secondary N) is 1. The quantitative estimate of drug-likeness (QED) is 0.0280. The molecule has 66 heavy (non-hydrogen) atoms. The normalized spacial score (nSPS) is 13.5. The molecule has 1 aromatic heterocycles. The van der Waals surface area contributed by atoms with Gasteiger partial charge in [0.1, 0.15) is 24.7 Å². The molecule has 362 valence electrons. The topological polar surface area (TPSA) is 292 Å². The van der Waals surface area contributed by atoms with Gasteiger partial charge in [0.15, 0.2) is 27.5 Å². The molecule has 1 saturated carbocycles. The van der Waals surface area contributed by atoms with E-state index in [9.17, 15) is 60.3 Å². The zero-order valence-corrected chi connectivity index (χ0v) is 39.7. The summed E-state index contributed by atoms with van der Waals surface area (Å²) in [4.78, 5) is 74.7. The molecule has 1 aliphatic rings. The zero-order chi connectivity index (χ0) is 50.3. The molecule has 2 atom stereocenters. The van der Waals surface area contributed by atoms with Crippen LogP contribution in [0, 0.1) is 10.1 Å². The van der Waals surface area contributed by atoms with E-state index in [4.69, 9.17) is 51.9 Å². The molecule has 1 heterocycles. The Kier molecular flexibility index (Phi) is 21.8. The van der Waals surface area contributed by atoms with Gasteiger partial charge in [0, 0.05) is 34.9 Å². The van der Waals surface area contributed by atoms with Gasteiger partial charge in [-0.1, -0.05) is 28.4 Å². The summed E-state index contributed by atoms with van der Waals surface area (Å²) in [6, 6.07) is 9.57. The van der Waals surface area contributed by atoms with E-state index >= 15 is 0 Å². The van der Waals surface area contributed by atoms with Gasteiger partial charge in [-0.25, -0.2) is 18.0 Å². The highest BCUT2D eigenvalue weighted by Gasteiger charge is 2.34. The summed E-state index contributed by atoms with van der Waals surface area (Å²) in [5.74, 6) is -3.19. The molecule has 1 fully saturated rings. The maximum absolute atomic E-state index is 12.8. The highest BCUT2D eigenvalue weighted by Crippen LogP contribution is 2.42. The van der Waals surface area contributed by atoms with Crippen molar-refractivity contribution in [1.29, 1.82) is 0 Å². The second-order valence-corrected chi connectivity index (χ2v) is 20.8. The van der Waals surface area contributed by atoms with E-state index < -0.39 is 88.0 Å². The summed E-state index contributed by atoms with van der Waals surface area (Å²) in [5.41, 5.74) is -1.75. The third-order valence-corrected chi connectivity index (χ3v) is 10.0. The average molecular weight is 1030 g/mol. The van der Waals surface area contributed by atoms with Crippen molar-refractivity contribution in [3.05, 3.63) is 109 Å². The number of carboxylic acid groups (broad SMARTS) is 1. The molecule has 3 N–H and O–H groups in total. The molecular weight excluding hydrogens is 989 g/mol. The number of ketones is 1. The summed E-state index contributed by atoms with van der Waals surface area (Å²) >= 11 is 11.7. The van der Waals surface area contributed by atoms with Crippen molar-refractivity contribution < 1.29 is 83.9 Å². The number of carboxylic acids is 1. The number of benzene rings is 3. The number of hydrogen-bond donors (Lipinski definition) is 3. The Morgan fingerprint density at radius 2 is 1.67 bits per heavy atom. The summed E-state index contributed by atoms with van der Waals surface area (Å²) in [6.07, 6.45) is 4.23. The Morgan fingerprint density at radius 1 is 1.05 bits per heavy atom. The molecule has 0 saturated heterocycles. The van der Waals surface area contributed by atoms with Crippen LogP contribution in [-0.2, 0) is 50.5 Å². The van der Waals surface area contributed by atoms with Crippen LogP contribution in [0.25, 0.3) is 0 Å². The van der Waals surface area contributed by atoms with Crippen molar-refractivity contribution >= 4 is 80.9 Å². The number of carbonyl (C=O) groups excluding carboxylic acids is 3. The Bertz CT molecular complexity index is 2530. The van der Waals surface area contributed by atoms with Crippen LogP contribution in [0.4, 0.5) is 18.9 Å². The average Bonchev–Trinajstić information content (AvgIpc) is 3.92. The Morgan fingerprint density at radius 3 is 2.17 bits per heavy atom. The van der Waals surface area contributed by atoms with E-state index in [1.807, 2.05) is 5.32 Å². The summed E-state index contributed by atoms with van der Waals surface area (Å²) in [7, 11) is -7.27. The van der Waals surface area contributed by atoms with Crippen molar-refractivity contribution in [3.63, 3.8) is 0 Å². The van der Waals surface area contributed by atoms with Crippen LogP contribution in [0.5, 0.6) is 11.5 Å². The second-order valence-electron chi connectivity index (χ2n) is 13.9. The standard InChI is InChI=1S/C19H15ClF3NO7.C14H12ClNO4S.C3H8NO5P.C3H9S/c1-3-29-17(25)10(2)30-18(26)13-9-12(5-6-15(13)24(27)28)31-16-7-4-11(8-14(16)20)19(21,22)23;1-21(18,19)12-6-9(15)4-5-10(12)13(17)11-7-16-20-14(11)8-2-3-8;5-3(6)1-4-2-10(7,8)9;1-4(2)3/h4-10H,3H2,1-2H3;4-8H,2-3H2,1H3;4H,1-2H2,(H,5,6)(H2,7,8,9);1-3H3/q;;;+1/p-1. The first kappa shape index (κ1) is 57.1. The number of alkyl halides is 3. The number of nitrogens with zero attached hydrogens (tertiary/aromatic N) is 2. The number of carbonyl (C=O) groups is 4. The summed E-state index contributed by atoms with van der Waals surface area (Å²) in [6.45, 7) is 2.33. The van der Waals surface area contributed by atoms with Gasteiger partial charge in [-0.15, -0.1) is 0 Å². The number of nitro benzene ring substituents is 1. The minimum Gasteiger partial charge on any atom is -0.778 e. The molecule has 0 bridgehead atoms. The van der Waals surface area contributed by atoms with Crippen LogP contribution in [0.1, 0.15) is 70.2 Å². The van der Waals surface area contributed by atoms with E-state index in [1.54, 1.807) is 6.92 Å². The number of esters is 2. The predicted octanol–water partition coefficient (Wildman–Crippen LogP) is 6.67. The van der Waals surface area contributed by atoms with Crippen LogP contribution >= 0.6 is 30.8 Å². The predicted molar refractivity (Wildman–Crippen MR) is 233 cm³/mol.